The molecule has 124 valence electrons. The summed E-state index contributed by atoms with van der Waals surface area (Å²) in [6.07, 6.45) is 5.57. The number of hydrogen-bond acceptors (Lipinski definition) is 6. The molecule has 0 atom stereocenters. The first kappa shape index (κ1) is 15.7. The number of likely N-dealkylation sites (tertiary alicyclic amines) is 1. The molecule has 3 heterocycles. The number of methoxy groups -OCH3 is 1. The summed E-state index contributed by atoms with van der Waals surface area (Å²) in [4.78, 5) is 18.7. The van der Waals surface area contributed by atoms with Gasteiger partial charge in [0.1, 0.15) is 0 Å². The van der Waals surface area contributed by atoms with Crippen LogP contribution in [0.2, 0.25) is 0 Å². The number of nitrogens with one attached hydrogen (secondary N) is 1. The largest absolute Gasteiger partial charge is 0.385 e. The van der Waals surface area contributed by atoms with Crippen molar-refractivity contribution >= 4 is 5.91 Å². The van der Waals surface area contributed by atoms with E-state index in [9.17, 15) is 4.79 Å². The molecule has 8 nitrogen and oxygen atoms in total. The van der Waals surface area contributed by atoms with Crippen molar-refractivity contribution in [3.05, 3.63) is 29.7 Å². The van der Waals surface area contributed by atoms with Crippen LogP contribution in [0.5, 0.6) is 0 Å². The molecule has 2 aromatic rings. The molecule has 0 aliphatic carbocycles. The molecule has 23 heavy (non-hydrogen) atoms. The second-order valence-electron chi connectivity index (χ2n) is 5.94. The number of aromatic nitrogens is 4. The summed E-state index contributed by atoms with van der Waals surface area (Å²) in [6.45, 7) is 3.73. The third-order valence-corrected chi connectivity index (χ3v) is 4.54. The second-order valence-corrected chi connectivity index (χ2v) is 5.94. The number of hydrogen-bond donors (Lipinski definition) is 1. The van der Waals surface area contributed by atoms with Gasteiger partial charge >= 0.3 is 0 Å². The highest BCUT2D eigenvalue weighted by Crippen LogP contribution is 2.37. The van der Waals surface area contributed by atoms with Gasteiger partial charge in [0.15, 0.2) is 5.82 Å². The fraction of sp³-hybridized carbons (Fsp3) is 0.600. The van der Waals surface area contributed by atoms with Crippen LogP contribution in [0.4, 0.5) is 0 Å². The highest BCUT2D eigenvalue weighted by Gasteiger charge is 2.41. The lowest BCUT2D eigenvalue weighted by Gasteiger charge is -2.39. The van der Waals surface area contributed by atoms with Crippen molar-refractivity contribution in [2.75, 3.05) is 26.8 Å². The summed E-state index contributed by atoms with van der Waals surface area (Å²) in [7, 11) is 1.69. The van der Waals surface area contributed by atoms with Crippen molar-refractivity contribution in [1.29, 1.82) is 0 Å². The molecule has 3 rings (SSSR count). The molecule has 0 unspecified atom stereocenters. The topological polar surface area (TPSA) is 97.1 Å². The monoisotopic (exact) mass is 319 g/mol. The zero-order valence-corrected chi connectivity index (χ0v) is 13.4. The molecule has 1 fully saturated rings. The normalized spacial score (nSPS) is 17.4. The fourth-order valence-electron chi connectivity index (χ4n) is 3.09. The van der Waals surface area contributed by atoms with Gasteiger partial charge in [0, 0.05) is 45.3 Å². The molecule has 0 saturated carbocycles. The zero-order valence-electron chi connectivity index (χ0n) is 13.4. The molecule has 1 saturated heterocycles. The number of rotatable bonds is 5. The van der Waals surface area contributed by atoms with E-state index < -0.39 is 0 Å². The molecule has 0 bridgehead atoms. The summed E-state index contributed by atoms with van der Waals surface area (Å²) in [5.74, 6) is 1.29. The van der Waals surface area contributed by atoms with Crippen molar-refractivity contribution in [2.45, 2.75) is 31.6 Å². The van der Waals surface area contributed by atoms with Crippen LogP contribution in [0.1, 0.15) is 41.3 Å². The third-order valence-electron chi connectivity index (χ3n) is 4.54. The van der Waals surface area contributed by atoms with Crippen LogP contribution in [-0.2, 0) is 10.2 Å². The maximum absolute atomic E-state index is 12.4. The predicted octanol–water partition coefficient (Wildman–Crippen LogP) is 1.31. The molecule has 0 aromatic carbocycles. The lowest BCUT2D eigenvalue weighted by atomic mass is 9.75. The van der Waals surface area contributed by atoms with E-state index >= 15 is 0 Å². The van der Waals surface area contributed by atoms with Gasteiger partial charge in [-0.3, -0.25) is 9.89 Å². The quantitative estimate of drug-likeness (QED) is 0.892. The van der Waals surface area contributed by atoms with E-state index in [2.05, 4.69) is 20.3 Å². The van der Waals surface area contributed by atoms with E-state index in [1.165, 1.54) is 0 Å². The second kappa shape index (κ2) is 6.49. The number of nitrogens with zero attached hydrogens (tertiary/aromatic N) is 4. The Morgan fingerprint density at radius 1 is 1.48 bits per heavy atom. The number of aromatic amines is 1. The first-order valence-corrected chi connectivity index (χ1v) is 7.72. The van der Waals surface area contributed by atoms with Gasteiger partial charge in [-0.1, -0.05) is 5.16 Å². The summed E-state index contributed by atoms with van der Waals surface area (Å²) >= 11 is 0. The predicted molar refractivity (Wildman–Crippen MR) is 80.9 cm³/mol. The number of amides is 1. The van der Waals surface area contributed by atoms with Crippen LogP contribution in [-0.4, -0.2) is 58.0 Å². The highest BCUT2D eigenvalue weighted by atomic mass is 16.5. The smallest absolute Gasteiger partial charge is 0.257 e. The number of H-pyrrole nitrogens is 1. The van der Waals surface area contributed by atoms with Gasteiger partial charge in [0.2, 0.25) is 5.89 Å². The Labute approximate surface area is 134 Å². The molecule has 1 aliphatic heterocycles. The van der Waals surface area contributed by atoms with Gasteiger partial charge < -0.3 is 14.2 Å². The molecule has 0 radical (unpaired) electrons. The van der Waals surface area contributed by atoms with Crippen molar-refractivity contribution < 1.29 is 14.1 Å². The summed E-state index contributed by atoms with van der Waals surface area (Å²) in [5, 5.41) is 10.6. The average molecular weight is 319 g/mol. The zero-order chi connectivity index (χ0) is 16.3. The van der Waals surface area contributed by atoms with Gasteiger partial charge in [-0.05, 0) is 19.3 Å². The first-order valence-electron chi connectivity index (χ1n) is 7.72. The summed E-state index contributed by atoms with van der Waals surface area (Å²) in [6, 6.07) is 0. The summed E-state index contributed by atoms with van der Waals surface area (Å²) in [5.41, 5.74) is 0.394. The maximum Gasteiger partial charge on any atom is 0.257 e. The van der Waals surface area contributed by atoms with Gasteiger partial charge in [0.05, 0.1) is 11.8 Å². The van der Waals surface area contributed by atoms with Crippen molar-refractivity contribution in [2.24, 2.45) is 0 Å². The standard InChI is InChI=1S/C15H21N5O3/c1-11-18-14(19-23-11)15(5-8-22-2)3-6-20(7-4-15)13(21)12-9-16-17-10-12/h9-10H,3-8H2,1-2H3,(H,16,17). The van der Waals surface area contributed by atoms with Crippen molar-refractivity contribution in [3.8, 4) is 0 Å². The number of aryl methyl sites for hydroxylation is 1. The molecular weight excluding hydrogens is 298 g/mol. The van der Waals surface area contributed by atoms with Crippen LogP contribution in [0, 0.1) is 6.92 Å². The fourth-order valence-corrected chi connectivity index (χ4v) is 3.09. The molecule has 1 aliphatic rings. The van der Waals surface area contributed by atoms with E-state index in [0.717, 1.165) is 25.1 Å². The van der Waals surface area contributed by atoms with E-state index in [1.807, 2.05) is 4.90 Å². The minimum Gasteiger partial charge on any atom is -0.385 e. The molecular formula is C15H21N5O3. The number of carbonyl (C=O) groups excluding carboxylic acids is 1. The van der Waals surface area contributed by atoms with Crippen LogP contribution < -0.4 is 0 Å². The van der Waals surface area contributed by atoms with Crippen LogP contribution >= 0.6 is 0 Å². The number of ether oxygens (including phenoxy) is 1. The Morgan fingerprint density at radius 2 is 2.26 bits per heavy atom. The van der Waals surface area contributed by atoms with Gasteiger partial charge in [-0.15, -0.1) is 0 Å². The Balaban J connectivity index is 1.73. The lowest BCUT2D eigenvalue weighted by molar-refractivity contribution is 0.0616. The number of piperidine rings is 1. The molecule has 1 N–H and O–H groups in total. The Kier molecular flexibility index (Phi) is 4.42. The Hall–Kier alpha value is -2.22. The average Bonchev–Trinajstić information content (AvgIpc) is 3.24. The highest BCUT2D eigenvalue weighted by molar-refractivity contribution is 5.93. The SMILES string of the molecule is COCCC1(c2noc(C)n2)CCN(C(=O)c2cn[nH]c2)CC1. The van der Waals surface area contributed by atoms with Gasteiger partial charge in [-0.25, -0.2) is 0 Å². The summed E-state index contributed by atoms with van der Waals surface area (Å²) < 4.78 is 10.4. The van der Waals surface area contributed by atoms with Crippen molar-refractivity contribution in [1.82, 2.24) is 25.2 Å². The Bertz CT molecular complexity index is 644. The minimum atomic E-state index is -0.194. The van der Waals surface area contributed by atoms with E-state index in [1.54, 1.807) is 26.4 Å². The third kappa shape index (κ3) is 3.12. The van der Waals surface area contributed by atoms with Crippen LogP contribution in [0.3, 0.4) is 0 Å². The van der Waals surface area contributed by atoms with E-state index in [0.29, 0.717) is 31.2 Å². The van der Waals surface area contributed by atoms with Gasteiger partial charge in [-0.2, -0.15) is 10.1 Å². The molecule has 8 heteroatoms. The van der Waals surface area contributed by atoms with Crippen molar-refractivity contribution in [3.63, 3.8) is 0 Å². The molecule has 2 aromatic heterocycles. The lowest BCUT2D eigenvalue weighted by Crippen LogP contribution is -2.46. The van der Waals surface area contributed by atoms with E-state index in [-0.39, 0.29) is 11.3 Å². The van der Waals surface area contributed by atoms with E-state index in [4.69, 9.17) is 9.26 Å². The van der Waals surface area contributed by atoms with Crippen LogP contribution in [0.15, 0.2) is 16.9 Å². The maximum atomic E-state index is 12.4. The van der Waals surface area contributed by atoms with Crippen LogP contribution in [0.25, 0.3) is 0 Å². The molecule has 0 spiro atoms. The number of carbonyl (C=O) groups is 1. The minimum absolute atomic E-state index is 0.00313. The Morgan fingerprint density at radius 3 is 2.83 bits per heavy atom. The molecule has 1 amide bonds. The first-order chi connectivity index (χ1) is 11.1. The van der Waals surface area contributed by atoms with Gasteiger partial charge in [0.25, 0.3) is 5.91 Å².